The van der Waals surface area contributed by atoms with Crippen LogP contribution >= 0.6 is 0 Å². The average molecular weight is 223 g/mol. The van der Waals surface area contributed by atoms with Crippen molar-refractivity contribution in [3.63, 3.8) is 0 Å². The van der Waals surface area contributed by atoms with Crippen LogP contribution in [0.25, 0.3) is 0 Å². The van der Waals surface area contributed by atoms with Gasteiger partial charge in [0.05, 0.1) is 0 Å². The van der Waals surface area contributed by atoms with Gasteiger partial charge in [-0.3, -0.25) is 4.79 Å². The van der Waals surface area contributed by atoms with Crippen LogP contribution in [0.15, 0.2) is 34.9 Å². The molecule has 0 heterocycles. The molecule has 92 valence electrons. The Morgan fingerprint density at radius 3 is 2.12 bits per heavy atom. The average Bonchev–Trinajstić information content (AvgIpc) is 2.44. The number of allylic oxidation sites excluding steroid dienone is 6. The van der Waals surface area contributed by atoms with E-state index in [2.05, 4.69) is 11.4 Å². The summed E-state index contributed by atoms with van der Waals surface area (Å²) >= 11 is 0. The smallest absolute Gasteiger partial charge is 0.150 e. The quantitative estimate of drug-likeness (QED) is 0.691. The molecule has 0 unspecified atom stereocenters. The van der Waals surface area contributed by atoms with Crippen LogP contribution in [-0.4, -0.2) is 20.4 Å². The van der Waals surface area contributed by atoms with Gasteiger partial charge in [0, 0.05) is 5.57 Å². The van der Waals surface area contributed by atoms with Gasteiger partial charge in [-0.15, -0.1) is 0 Å². The first kappa shape index (κ1) is 17.3. The molecule has 1 rings (SSSR count). The molecule has 2 nitrogen and oxygen atoms in total. The Morgan fingerprint density at radius 1 is 1.19 bits per heavy atom. The predicted molar refractivity (Wildman–Crippen MR) is 72.6 cm³/mol. The van der Waals surface area contributed by atoms with E-state index in [1.54, 1.807) is 0 Å². The van der Waals surface area contributed by atoms with Crippen LogP contribution in [-0.2, 0) is 4.79 Å². The number of hydrogen-bond donors (Lipinski definition) is 1. The first-order valence-corrected chi connectivity index (χ1v) is 5.73. The van der Waals surface area contributed by atoms with Crippen molar-refractivity contribution in [3.8, 4) is 0 Å². The van der Waals surface area contributed by atoms with E-state index in [1.807, 2.05) is 53.9 Å². The van der Waals surface area contributed by atoms with E-state index in [0.717, 1.165) is 18.3 Å². The maximum atomic E-state index is 10.5. The molecule has 0 aromatic rings. The lowest BCUT2D eigenvalue weighted by molar-refractivity contribution is -0.104. The molecule has 0 fully saturated rings. The van der Waals surface area contributed by atoms with Crippen LogP contribution in [0.3, 0.4) is 0 Å². The maximum absolute atomic E-state index is 10.5. The van der Waals surface area contributed by atoms with Crippen LogP contribution in [0.4, 0.5) is 0 Å². The van der Waals surface area contributed by atoms with Gasteiger partial charge in [-0.05, 0) is 40.4 Å². The second-order valence-corrected chi connectivity index (χ2v) is 3.41. The number of nitrogens with one attached hydrogen (secondary N) is 1. The van der Waals surface area contributed by atoms with Gasteiger partial charge in [0.15, 0.2) is 0 Å². The summed E-state index contributed by atoms with van der Waals surface area (Å²) in [5.41, 5.74) is 3.18. The normalized spacial score (nSPS) is 13.8. The predicted octanol–water partition coefficient (Wildman–Crippen LogP) is 3.27. The zero-order valence-electron chi connectivity index (χ0n) is 11.4. The van der Waals surface area contributed by atoms with Crippen molar-refractivity contribution in [1.29, 1.82) is 0 Å². The van der Waals surface area contributed by atoms with Gasteiger partial charge in [0.25, 0.3) is 0 Å². The minimum atomic E-state index is 0.772. The summed E-state index contributed by atoms with van der Waals surface area (Å²) in [7, 11) is 3.75. The summed E-state index contributed by atoms with van der Waals surface area (Å²) in [6.45, 7) is 8.04. The van der Waals surface area contributed by atoms with Crippen molar-refractivity contribution < 1.29 is 4.79 Å². The summed E-state index contributed by atoms with van der Waals surface area (Å²) in [5.74, 6) is 0. The monoisotopic (exact) mass is 223 g/mol. The van der Waals surface area contributed by atoms with Gasteiger partial charge in [-0.1, -0.05) is 37.1 Å². The molecule has 1 aliphatic carbocycles. The van der Waals surface area contributed by atoms with Gasteiger partial charge in [-0.25, -0.2) is 0 Å². The van der Waals surface area contributed by atoms with E-state index in [0.29, 0.717) is 0 Å². The van der Waals surface area contributed by atoms with Crippen molar-refractivity contribution in [2.75, 3.05) is 14.1 Å². The van der Waals surface area contributed by atoms with Crippen LogP contribution in [0.2, 0.25) is 0 Å². The third-order valence-electron chi connectivity index (χ3n) is 1.69. The van der Waals surface area contributed by atoms with Crippen LogP contribution in [0.5, 0.6) is 0 Å². The van der Waals surface area contributed by atoms with Gasteiger partial charge in [-0.2, -0.15) is 0 Å². The van der Waals surface area contributed by atoms with E-state index in [4.69, 9.17) is 0 Å². The summed E-state index contributed by atoms with van der Waals surface area (Å²) in [5, 5.41) is 2.75. The molecule has 1 aliphatic rings. The molecular formula is C14H25NO. The summed E-state index contributed by atoms with van der Waals surface area (Å²) in [6.07, 6.45) is 7.82. The Labute approximate surface area is 100 Å². The van der Waals surface area contributed by atoms with Crippen LogP contribution in [0.1, 0.15) is 34.1 Å². The van der Waals surface area contributed by atoms with E-state index in [-0.39, 0.29) is 0 Å². The van der Waals surface area contributed by atoms with Crippen LogP contribution < -0.4 is 5.32 Å². The van der Waals surface area contributed by atoms with Crippen molar-refractivity contribution in [2.45, 2.75) is 34.1 Å². The third kappa shape index (κ3) is 9.41. The van der Waals surface area contributed by atoms with E-state index >= 15 is 0 Å². The molecule has 0 aromatic heterocycles. The Bertz CT molecular complexity index is 272. The Balaban J connectivity index is 0. The zero-order chi connectivity index (χ0) is 13.0. The fourth-order valence-corrected chi connectivity index (χ4v) is 1.10. The number of carbonyl (C=O) groups is 1. The topological polar surface area (TPSA) is 29.1 Å². The molecular weight excluding hydrogens is 198 g/mol. The standard InChI is InChI=1S/C10H12O.C2H7N.C2H6/c1-8-3-4-9(2)6-10(5-8)7-11;1-3-2;1-2/h3,5-7H,4H2,1-2H3;3H,1-2H3;1-2H3. The highest BCUT2D eigenvalue weighted by Crippen LogP contribution is 2.14. The van der Waals surface area contributed by atoms with Crippen LogP contribution in [0, 0.1) is 0 Å². The lowest BCUT2D eigenvalue weighted by atomic mass is 10.2. The molecule has 16 heavy (non-hydrogen) atoms. The fraction of sp³-hybridized carbons (Fsp3) is 0.500. The minimum Gasteiger partial charge on any atom is -0.323 e. The van der Waals surface area contributed by atoms with Gasteiger partial charge >= 0.3 is 0 Å². The van der Waals surface area contributed by atoms with Crippen molar-refractivity contribution in [1.82, 2.24) is 5.32 Å². The van der Waals surface area contributed by atoms with Crippen molar-refractivity contribution in [3.05, 3.63) is 34.9 Å². The molecule has 0 amide bonds. The fourth-order valence-electron chi connectivity index (χ4n) is 1.10. The first-order valence-electron chi connectivity index (χ1n) is 5.73. The molecule has 0 saturated carbocycles. The van der Waals surface area contributed by atoms with Gasteiger partial charge in [0.2, 0.25) is 0 Å². The summed E-state index contributed by atoms with van der Waals surface area (Å²) < 4.78 is 0. The minimum absolute atomic E-state index is 0.772. The first-order chi connectivity index (χ1) is 7.63. The second-order valence-electron chi connectivity index (χ2n) is 3.41. The van der Waals surface area contributed by atoms with Crippen molar-refractivity contribution in [2.24, 2.45) is 0 Å². The number of aldehydes is 1. The Morgan fingerprint density at radius 2 is 1.69 bits per heavy atom. The number of carbonyl (C=O) groups excluding carboxylic acids is 1. The Kier molecular flexibility index (Phi) is 12.9. The maximum Gasteiger partial charge on any atom is 0.150 e. The highest BCUT2D eigenvalue weighted by atomic mass is 16.1. The lowest BCUT2D eigenvalue weighted by Gasteiger charge is -1.90. The molecule has 2 heteroatoms. The largest absolute Gasteiger partial charge is 0.323 e. The van der Waals surface area contributed by atoms with E-state index in [9.17, 15) is 4.79 Å². The Hall–Kier alpha value is -1.15. The summed E-state index contributed by atoms with van der Waals surface area (Å²) in [6, 6.07) is 0. The lowest BCUT2D eigenvalue weighted by Crippen LogP contribution is -1.89. The zero-order valence-corrected chi connectivity index (χ0v) is 11.4. The third-order valence-corrected chi connectivity index (χ3v) is 1.69. The van der Waals surface area contributed by atoms with Gasteiger partial charge < -0.3 is 5.32 Å². The number of rotatable bonds is 1. The molecule has 0 saturated heterocycles. The number of hydrogen-bond acceptors (Lipinski definition) is 2. The summed E-state index contributed by atoms with van der Waals surface area (Å²) in [4.78, 5) is 10.5. The molecule has 0 bridgehead atoms. The second kappa shape index (κ2) is 11.9. The molecule has 1 N–H and O–H groups in total. The molecule has 0 atom stereocenters. The van der Waals surface area contributed by atoms with E-state index < -0.39 is 0 Å². The highest BCUT2D eigenvalue weighted by molar-refractivity contribution is 5.79. The van der Waals surface area contributed by atoms with Gasteiger partial charge in [0.1, 0.15) is 6.29 Å². The van der Waals surface area contributed by atoms with E-state index in [1.165, 1.54) is 11.1 Å². The molecule has 0 aliphatic heterocycles. The highest BCUT2D eigenvalue weighted by Gasteiger charge is 1.97. The van der Waals surface area contributed by atoms with Crippen molar-refractivity contribution >= 4 is 6.29 Å². The SMILES string of the molecule is CC.CC1=CCC(C)=CC(C=O)=C1.CNC. The molecule has 0 aromatic carbocycles. The molecule has 0 spiro atoms. The molecule has 0 radical (unpaired) electrons.